The smallest absolute Gasteiger partial charge is 0.233 e. The second kappa shape index (κ2) is 8.51. The Labute approximate surface area is 161 Å². The number of hydrogen-bond donors (Lipinski definition) is 1. The first kappa shape index (κ1) is 18.7. The minimum absolute atomic E-state index is 0.0111. The van der Waals surface area contributed by atoms with Crippen LogP contribution in [0.25, 0.3) is 10.7 Å². The van der Waals surface area contributed by atoms with Crippen molar-refractivity contribution in [3.05, 3.63) is 53.4 Å². The zero-order chi connectivity index (χ0) is 18.5. The number of benzene rings is 1. The van der Waals surface area contributed by atoms with E-state index >= 15 is 0 Å². The molecule has 0 fully saturated rings. The molecule has 2 heterocycles. The molecule has 1 aromatic carbocycles. The van der Waals surface area contributed by atoms with Gasteiger partial charge in [0, 0.05) is 6.04 Å². The van der Waals surface area contributed by atoms with Gasteiger partial charge in [0.25, 0.3) is 0 Å². The Balaban J connectivity index is 1.88. The molecule has 0 spiro atoms. The van der Waals surface area contributed by atoms with Gasteiger partial charge < -0.3 is 5.32 Å². The molecule has 1 N–H and O–H groups in total. The van der Waals surface area contributed by atoms with Gasteiger partial charge in [-0.2, -0.15) is 0 Å². The highest BCUT2D eigenvalue weighted by molar-refractivity contribution is 8.00. The summed E-state index contributed by atoms with van der Waals surface area (Å²) in [7, 11) is 0. The van der Waals surface area contributed by atoms with Crippen molar-refractivity contribution in [2.24, 2.45) is 0 Å². The fraction of sp³-hybridized carbons (Fsp3) is 0.316. The van der Waals surface area contributed by atoms with Crippen molar-refractivity contribution in [3.8, 4) is 10.7 Å². The molecule has 2 aromatic heterocycles. The summed E-state index contributed by atoms with van der Waals surface area (Å²) in [5.41, 5.74) is 1.17. The van der Waals surface area contributed by atoms with Gasteiger partial charge in [0.1, 0.15) is 0 Å². The molecule has 3 aromatic rings. The number of hydrogen-bond acceptors (Lipinski definition) is 5. The fourth-order valence-corrected chi connectivity index (χ4v) is 4.06. The number of nitrogens with zero attached hydrogens (tertiary/aromatic N) is 3. The largest absolute Gasteiger partial charge is 0.353 e. The molecule has 5 nitrogen and oxygen atoms in total. The highest BCUT2D eigenvalue weighted by Crippen LogP contribution is 2.30. The van der Waals surface area contributed by atoms with E-state index in [1.165, 1.54) is 17.3 Å². The average Bonchev–Trinajstić information content (AvgIpc) is 3.26. The van der Waals surface area contributed by atoms with E-state index in [4.69, 9.17) is 0 Å². The molecule has 136 valence electrons. The Morgan fingerprint density at radius 2 is 1.92 bits per heavy atom. The normalized spacial score (nSPS) is 12.3. The third kappa shape index (κ3) is 4.53. The lowest BCUT2D eigenvalue weighted by molar-refractivity contribution is -0.120. The maximum atomic E-state index is 12.3. The van der Waals surface area contributed by atoms with Crippen LogP contribution in [0.15, 0.2) is 53.0 Å². The first-order valence-corrected chi connectivity index (χ1v) is 10.3. The zero-order valence-electron chi connectivity index (χ0n) is 15.0. The van der Waals surface area contributed by atoms with Gasteiger partial charge in [-0.1, -0.05) is 48.2 Å². The Bertz CT molecular complexity index is 844. The van der Waals surface area contributed by atoms with Crippen molar-refractivity contribution in [3.63, 3.8) is 0 Å². The van der Waals surface area contributed by atoms with Crippen LogP contribution in [-0.4, -0.2) is 32.0 Å². The summed E-state index contributed by atoms with van der Waals surface area (Å²) in [6.07, 6.45) is 0. The molecule has 1 amide bonds. The average molecular weight is 387 g/mol. The van der Waals surface area contributed by atoms with Crippen LogP contribution in [0.1, 0.15) is 26.3 Å². The summed E-state index contributed by atoms with van der Waals surface area (Å²) < 4.78 is 2.09. The number of nitrogens with one attached hydrogen (secondary N) is 1. The number of aromatic nitrogens is 3. The van der Waals surface area contributed by atoms with E-state index in [0.29, 0.717) is 6.54 Å². The number of thioether (sulfide) groups is 1. The molecule has 26 heavy (non-hydrogen) atoms. The minimum Gasteiger partial charge on any atom is -0.353 e. The van der Waals surface area contributed by atoms with Gasteiger partial charge in [-0.25, -0.2) is 0 Å². The van der Waals surface area contributed by atoms with Gasteiger partial charge >= 0.3 is 0 Å². The summed E-state index contributed by atoms with van der Waals surface area (Å²) in [6, 6.07) is 14.4. The van der Waals surface area contributed by atoms with Crippen LogP contribution < -0.4 is 5.32 Å². The quantitative estimate of drug-likeness (QED) is 0.622. The lowest BCUT2D eigenvalue weighted by Crippen LogP contribution is -2.36. The van der Waals surface area contributed by atoms with Crippen molar-refractivity contribution in [2.75, 3.05) is 0 Å². The van der Waals surface area contributed by atoms with E-state index in [-0.39, 0.29) is 17.2 Å². The standard InChI is InChI=1S/C19H22N4OS2/c1-13(2)20-18(24)14(3)26-19-22-21-17(16-10-7-11-25-16)23(19)12-15-8-5-4-6-9-15/h4-11,13-14H,12H2,1-3H3,(H,20,24). The van der Waals surface area contributed by atoms with Crippen LogP contribution >= 0.6 is 23.1 Å². The lowest BCUT2D eigenvalue weighted by Gasteiger charge is -2.15. The molecule has 0 saturated carbocycles. The van der Waals surface area contributed by atoms with Crippen LogP contribution in [0.5, 0.6) is 0 Å². The molecular weight excluding hydrogens is 364 g/mol. The van der Waals surface area contributed by atoms with Crippen LogP contribution in [0, 0.1) is 0 Å². The number of thiophene rings is 1. The summed E-state index contributed by atoms with van der Waals surface area (Å²) in [5, 5.41) is 14.3. The van der Waals surface area contributed by atoms with Gasteiger partial charge in [-0.3, -0.25) is 9.36 Å². The summed E-state index contributed by atoms with van der Waals surface area (Å²) in [6.45, 7) is 6.49. The van der Waals surface area contributed by atoms with Gasteiger partial charge in [0.2, 0.25) is 5.91 Å². The van der Waals surface area contributed by atoms with E-state index in [9.17, 15) is 4.79 Å². The van der Waals surface area contributed by atoms with Crippen molar-refractivity contribution >= 4 is 29.0 Å². The zero-order valence-corrected chi connectivity index (χ0v) is 16.7. The highest BCUT2D eigenvalue weighted by Gasteiger charge is 2.21. The van der Waals surface area contributed by atoms with Gasteiger partial charge in [0.05, 0.1) is 16.7 Å². The Morgan fingerprint density at radius 1 is 1.15 bits per heavy atom. The third-order valence-electron chi connectivity index (χ3n) is 3.72. The van der Waals surface area contributed by atoms with Crippen LogP contribution in [-0.2, 0) is 11.3 Å². The van der Waals surface area contributed by atoms with Crippen LogP contribution in [0.3, 0.4) is 0 Å². The SMILES string of the molecule is CC(C)NC(=O)C(C)Sc1nnc(-c2cccs2)n1Cc1ccccc1. The first-order valence-electron chi connectivity index (χ1n) is 8.52. The van der Waals surface area contributed by atoms with Crippen molar-refractivity contribution in [2.45, 2.75) is 43.8 Å². The fourth-order valence-electron chi connectivity index (χ4n) is 2.49. The predicted octanol–water partition coefficient (Wildman–Crippen LogP) is 4.06. The van der Waals surface area contributed by atoms with E-state index in [0.717, 1.165) is 15.9 Å². The molecule has 1 unspecified atom stereocenters. The van der Waals surface area contributed by atoms with Gasteiger partial charge in [-0.05, 0) is 37.8 Å². The second-order valence-electron chi connectivity index (χ2n) is 6.28. The van der Waals surface area contributed by atoms with E-state index < -0.39 is 0 Å². The second-order valence-corrected chi connectivity index (χ2v) is 8.53. The maximum Gasteiger partial charge on any atom is 0.233 e. The van der Waals surface area contributed by atoms with Gasteiger partial charge in [-0.15, -0.1) is 21.5 Å². The molecule has 0 aliphatic rings. The Morgan fingerprint density at radius 3 is 2.58 bits per heavy atom. The molecule has 0 saturated heterocycles. The molecule has 7 heteroatoms. The maximum absolute atomic E-state index is 12.3. The summed E-state index contributed by atoms with van der Waals surface area (Å²) in [4.78, 5) is 13.3. The molecule has 0 aliphatic carbocycles. The predicted molar refractivity (Wildman–Crippen MR) is 107 cm³/mol. The Kier molecular flexibility index (Phi) is 6.11. The van der Waals surface area contributed by atoms with Crippen molar-refractivity contribution in [1.29, 1.82) is 0 Å². The van der Waals surface area contributed by atoms with E-state index in [1.807, 2.05) is 56.5 Å². The first-order chi connectivity index (χ1) is 12.5. The molecule has 1 atom stereocenters. The van der Waals surface area contributed by atoms with Crippen molar-refractivity contribution < 1.29 is 4.79 Å². The Hall–Kier alpha value is -2.12. The van der Waals surface area contributed by atoms with E-state index in [2.05, 4.69) is 32.2 Å². The highest BCUT2D eigenvalue weighted by atomic mass is 32.2. The lowest BCUT2D eigenvalue weighted by atomic mass is 10.2. The molecule has 0 radical (unpaired) electrons. The van der Waals surface area contributed by atoms with Crippen molar-refractivity contribution in [1.82, 2.24) is 20.1 Å². The summed E-state index contributed by atoms with van der Waals surface area (Å²) >= 11 is 3.08. The van der Waals surface area contributed by atoms with Crippen LogP contribution in [0.4, 0.5) is 0 Å². The minimum atomic E-state index is -0.243. The third-order valence-corrected chi connectivity index (χ3v) is 5.67. The van der Waals surface area contributed by atoms with E-state index in [1.54, 1.807) is 11.3 Å². The number of rotatable bonds is 7. The monoisotopic (exact) mass is 386 g/mol. The molecule has 3 rings (SSSR count). The molecule has 0 bridgehead atoms. The number of carbonyl (C=O) groups is 1. The van der Waals surface area contributed by atoms with Crippen LogP contribution in [0.2, 0.25) is 0 Å². The molecular formula is C19H22N4OS2. The number of carbonyl (C=O) groups excluding carboxylic acids is 1. The summed E-state index contributed by atoms with van der Waals surface area (Å²) in [5.74, 6) is 0.847. The van der Waals surface area contributed by atoms with Gasteiger partial charge in [0.15, 0.2) is 11.0 Å². The molecule has 0 aliphatic heterocycles. The topological polar surface area (TPSA) is 59.8 Å². The number of amides is 1.